The van der Waals surface area contributed by atoms with Crippen LogP contribution in [0.2, 0.25) is 0 Å². The highest BCUT2D eigenvalue weighted by atomic mass is 19.3. The molecule has 9 nitrogen and oxygen atoms in total. The summed E-state index contributed by atoms with van der Waals surface area (Å²) < 4.78 is 34.3. The number of nitrogens with zero attached hydrogens (tertiary/aromatic N) is 5. The van der Waals surface area contributed by atoms with E-state index < -0.39 is 11.8 Å². The number of halogens is 2. The smallest absolute Gasteiger partial charge is 0.317 e. The molecule has 0 saturated carbocycles. The fourth-order valence-corrected chi connectivity index (χ4v) is 4.59. The molecule has 1 saturated heterocycles. The Labute approximate surface area is 214 Å². The van der Waals surface area contributed by atoms with E-state index in [0.717, 1.165) is 11.1 Å². The Hall–Kier alpha value is -3.47. The maximum atomic E-state index is 13.4. The number of allylic oxidation sites excluding steroid dienone is 3. The number of nitrogens with one attached hydrogen (secondary N) is 1. The number of ether oxygens (including phenoxy) is 1. The van der Waals surface area contributed by atoms with E-state index in [0.29, 0.717) is 48.6 Å². The zero-order chi connectivity index (χ0) is 26.7. The summed E-state index contributed by atoms with van der Waals surface area (Å²) in [5.74, 6) is -3.07. The largest absolute Gasteiger partial charge is 0.462 e. The summed E-state index contributed by atoms with van der Waals surface area (Å²) in [6.45, 7) is 6.82. The van der Waals surface area contributed by atoms with Crippen LogP contribution in [-0.2, 0) is 11.8 Å². The molecule has 4 rings (SSSR count). The van der Waals surface area contributed by atoms with Gasteiger partial charge in [-0.15, -0.1) is 0 Å². The van der Waals surface area contributed by atoms with E-state index in [4.69, 9.17) is 4.74 Å². The number of likely N-dealkylation sites (tertiary alicyclic amines) is 1. The highest BCUT2D eigenvalue weighted by molar-refractivity contribution is 6.01. The van der Waals surface area contributed by atoms with Crippen molar-refractivity contribution in [3.8, 4) is 17.4 Å². The quantitative estimate of drug-likeness (QED) is 0.577. The molecule has 1 amide bonds. The number of carbonyl (C=O) groups excluding carboxylic acids is 2. The molecule has 3 heterocycles. The average molecular weight is 515 g/mol. The minimum Gasteiger partial charge on any atom is -0.462 e. The van der Waals surface area contributed by atoms with Gasteiger partial charge in [-0.25, -0.2) is 8.78 Å². The van der Waals surface area contributed by atoms with Crippen LogP contribution in [0.4, 0.5) is 8.78 Å². The molecule has 0 aromatic carbocycles. The molecule has 2 aromatic rings. The second-order valence-electron chi connectivity index (χ2n) is 9.65. The lowest BCUT2D eigenvalue weighted by atomic mass is 9.92. The first-order valence-electron chi connectivity index (χ1n) is 12.3. The van der Waals surface area contributed by atoms with Crippen molar-refractivity contribution in [1.82, 2.24) is 30.0 Å². The van der Waals surface area contributed by atoms with E-state index in [9.17, 15) is 18.4 Å². The van der Waals surface area contributed by atoms with Crippen LogP contribution in [0.1, 0.15) is 49.2 Å². The third-order valence-electron chi connectivity index (χ3n) is 6.77. The van der Waals surface area contributed by atoms with Crippen molar-refractivity contribution in [2.24, 2.45) is 7.05 Å². The standard InChI is InChI=1S/C26H32F2N6O3/c1-16-13-17(2)19(21(35)14-16)15-29-24(36)23-18(3)22(20-5-8-30-33(20)4)31-25(32-23)37-12-11-34-9-6-26(27,28)7-10-34/h5,8,13H,6-7,9-12,14-15H2,1-4H3,(H,29,36). The summed E-state index contributed by atoms with van der Waals surface area (Å²) >= 11 is 0. The Kier molecular flexibility index (Phi) is 7.82. The van der Waals surface area contributed by atoms with E-state index in [2.05, 4.69) is 20.4 Å². The lowest BCUT2D eigenvalue weighted by Gasteiger charge is -2.31. The zero-order valence-electron chi connectivity index (χ0n) is 21.6. The van der Waals surface area contributed by atoms with Gasteiger partial charge in [0.2, 0.25) is 0 Å². The molecule has 1 aliphatic heterocycles. The summed E-state index contributed by atoms with van der Waals surface area (Å²) in [5, 5.41) is 7.01. The average Bonchev–Trinajstić information content (AvgIpc) is 3.25. The van der Waals surface area contributed by atoms with Crippen molar-refractivity contribution in [1.29, 1.82) is 0 Å². The van der Waals surface area contributed by atoms with Gasteiger partial charge in [0, 0.05) is 69.8 Å². The number of aryl methyl sites for hydroxylation is 1. The van der Waals surface area contributed by atoms with Gasteiger partial charge >= 0.3 is 6.01 Å². The molecule has 1 aliphatic carbocycles. The minimum absolute atomic E-state index is 0.00715. The summed E-state index contributed by atoms with van der Waals surface area (Å²) in [6, 6.07) is 1.79. The van der Waals surface area contributed by atoms with Gasteiger partial charge in [0.15, 0.2) is 5.78 Å². The fraction of sp³-hybridized carbons (Fsp3) is 0.500. The van der Waals surface area contributed by atoms with Gasteiger partial charge in [0.25, 0.3) is 11.8 Å². The minimum atomic E-state index is -2.61. The first kappa shape index (κ1) is 26.6. The topological polar surface area (TPSA) is 102 Å². The second-order valence-corrected chi connectivity index (χ2v) is 9.65. The Morgan fingerprint density at radius 1 is 1.19 bits per heavy atom. The number of amides is 1. The van der Waals surface area contributed by atoms with Gasteiger partial charge < -0.3 is 10.1 Å². The lowest BCUT2D eigenvalue weighted by Crippen LogP contribution is -2.41. The van der Waals surface area contributed by atoms with Crippen LogP contribution < -0.4 is 10.1 Å². The van der Waals surface area contributed by atoms with Crippen LogP contribution in [-0.4, -0.2) is 75.0 Å². The molecular formula is C26H32F2N6O3. The van der Waals surface area contributed by atoms with Crippen LogP contribution in [0.3, 0.4) is 0 Å². The number of carbonyl (C=O) groups is 2. The number of rotatable bonds is 8. The molecule has 0 spiro atoms. The highest BCUT2D eigenvalue weighted by Crippen LogP contribution is 2.28. The normalized spacial score (nSPS) is 18.1. The van der Waals surface area contributed by atoms with Crippen molar-refractivity contribution in [3.05, 3.63) is 46.3 Å². The number of Topliss-reactive ketones (excluding diaryl/α,β-unsaturated/α-hetero) is 1. The predicted molar refractivity (Wildman–Crippen MR) is 134 cm³/mol. The SMILES string of the molecule is CC1=CC(C)=C(CNC(=O)c2nc(OCCN3CCC(F)(F)CC3)nc(-c3ccnn3C)c2C)C(=O)C1. The molecule has 1 N–H and O–H groups in total. The Morgan fingerprint density at radius 3 is 2.57 bits per heavy atom. The van der Waals surface area contributed by atoms with E-state index in [1.54, 1.807) is 30.9 Å². The second kappa shape index (κ2) is 10.9. The van der Waals surface area contributed by atoms with E-state index >= 15 is 0 Å². The molecule has 2 aliphatic rings. The third-order valence-corrected chi connectivity index (χ3v) is 6.77. The Balaban J connectivity index is 1.52. The van der Waals surface area contributed by atoms with E-state index in [1.165, 1.54) is 0 Å². The van der Waals surface area contributed by atoms with Crippen LogP contribution in [0.5, 0.6) is 6.01 Å². The van der Waals surface area contributed by atoms with Crippen LogP contribution in [0.15, 0.2) is 35.1 Å². The van der Waals surface area contributed by atoms with Crippen molar-refractivity contribution in [3.63, 3.8) is 0 Å². The first-order chi connectivity index (χ1) is 17.5. The zero-order valence-corrected chi connectivity index (χ0v) is 21.6. The number of hydrogen-bond acceptors (Lipinski definition) is 7. The molecule has 2 aromatic heterocycles. The fourth-order valence-electron chi connectivity index (χ4n) is 4.59. The van der Waals surface area contributed by atoms with Gasteiger partial charge in [-0.2, -0.15) is 15.1 Å². The number of alkyl halides is 2. The number of piperidine rings is 1. The number of ketones is 1. The summed E-state index contributed by atoms with van der Waals surface area (Å²) in [7, 11) is 1.77. The van der Waals surface area contributed by atoms with Gasteiger partial charge in [-0.1, -0.05) is 11.6 Å². The number of aromatic nitrogens is 4. The van der Waals surface area contributed by atoms with Crippen LogP contribution in [0, 0.1) is 6.92 Å². The third kappa shape index (κ3) is 6.27. The summed E-state index contributed by atoms with van der Waals surface area (Å²) in [5.41, 5.74) is 4.25. The molecule has 11 heteroatoms. The molecule has 0 unspecified atom stereocenters. The summed E-state index contributed by atoms with van der Waals surface area (Å²) in [4.78, 5) is 36.5. The molecule has 0 atom stereocenters. The first-order valence-corrected chi connectivity index (χ1v) is 12.3. The van der Waals surface area contributed by atoms with Crippen molar-refractivity contribution in [2.45, 2.75) is 46.0 Å². The van der Waals surface area contributed by atoms with Gasteiger partial charge in [-0.05, 0) is 32.4 Å². The molecule has 198 valence electrons. The number of hydrogen-bond donors (Lipinski definition) is 1. The molecule has 0 bridgehead atoms. The molecule has 0 radical (unpaired) electrons. The van der Waals surface area contributed by atoms with Gasteiger partial charge in [-0.3, -0.25) is 19.2 Å². The van der Waals surface area contributed by atoms with Gasteiger partial charge in [0.05, 0.1) is 11.4 Å². The van der Waals surface area contributed by atoms with Gasteiger partial charge in [0.1, 0.15) is 12.3 Å². The van der Waals surface area contributed by atoms with E-state index in [1.807, 2.05) is 24.8 Å². The predicted octanol–water partition coefficient (Wildman–Crippen LogP) is 3.26. The maximum absolute atomic E-state index is 13.4. The monoisotopic (exact) mass is 514 g/mol. The van der Waals surface area contributed by atoms with Crippen LogP contribution in [0.25, 0.3) is 11.4 Å². The van der Waals surface area contributed by atoms with Crippen molar-refractivity contribution in [2.75, 3.05) is 32.8 Å². The Morgan fingerprint density at radius 2 is 1.92 bits per heavy atom. The van der Waals surface area contributed by atoms with Crippen molar-refractivity contribution < 1.29 is 23.1 Å². The molecule has 37 heavy (non-hydrogen) atoms. The maximum Gasteiger partial charge on any atom is 0.317 e. The Bertz CT molecular complexity index is 1260. The highest BCUT2D eigenvalue weighted by Gasteiger charge is 2.33. The lowest BCUT2D eigenvalue weighted by molar-refractivity contribution is -0.115. The van der Waals surface area contributed by atoms with E-state index in [-0.39, 0.29) is 43.5 Å². The van der Waals surface area contributed by atoms with Crippen LogP contribution >= 0.6 is 0 Å². The molecule has 1 fully saturated rings. The summed E-state index contributed by atoms with van der Waals surface area (Å²) in [6.07, 6.45) is 3.58. The van der Waals surface area contributed by atoms with Crippen molar-refractivity contribution >= 4 is 11.7 Å². The molecular weight excluding hydrogens is 482 g/mol.